The summed E-state index contributed by atoms with van der Waals surface area (Å²) in [5.74, 6) is -0.616. The number of rotatable bonds is 4. The number of esters is 1. The van der Waals surface area contributed by atoms with Crippen molar-refractivity contribution in [2.75, 3.05) is 0 Å². The van der Waals surface area contributed by atoms with Gasteiger partial charge in [0.2, 0.25) is 0 Å². The fourth-order valence-corrected chi connectivity index (χ4v) is 1.94. The van der Waals surface area contributed by atoms with Crippen molar-refractivity contribution in [1.82, 2.24) is 0 Å². The van der Waals surface area contributed by atoms with Crippen molar-refractivity contribution in [3.05, 3.63) is 63.6 Å². The topological polar surface area (TPSA) is 63.6 Å². The van der Waals surface area contributed by atoms with E-state index in [1.807, 2.05) is 0 Å². The van der Waals surface area contributed by atoms with Gasteiger partial charge in [0.1, 0.15) is 12.4 Å². The van der Waals surface area contributed by atoms with Crippen LogP contribution in [0.2, 0.25) is 0 Å². The molecule has 2 aromatic rings. The van der Waals surface area contributed by atoms with Gasteiger partial charge in [-0.3, -0.25) is 4.79 Å². The van der Waals surface area contributed by atoms with E-state index in [0.29, 0.717) is 17.4 Å². The molecule has 0 aromatic heterocycles. The second kappa shape index (κ2) is 6.34. The number of halogens is 1. The number of phenolic OH excluding ortho intramolecular Hbond substituents is 1. The number of hydrogen-bond donors (Lipinski definition) is 1. The van der Waals surface area contributed by atoms with E-state index >= 15 is 0 Å². The second-order valence-corrected chi connectivity index (χ2v) is 4.97. The molecule has 0 spiro atoms. The molecule has 5 heteroatoms. The Balaban J connectivity index is 2.09. The van der Waals surface area contributed by atoms with E-state index in [1.165, 1.54) is 6.07 Å². The highest BCUT2D eigenvalue weighted by molar-refractivity contribution is 9.10. The molecule has 102 valence electrons. The molecule has 0 radical (unpaired) electrons. The Bertz CT molecular complexity index is 635. The van der Waals surface area contributed by atoms with Gasteiger partial charge in [-0.15, -0.1) is 0 Å². The number of benzene rings is 2. The lowest BCUT2D eigenvalue weighted by atomic mass is 10.1. The lowest BCUT2D eigenvalue weighted by Gasteiger charge is -2.08. The van der Waals surface area contributed by atoms with Crippen LogP contribution in [-0.2, 0) is 11.3 Å². The molecule has 1 N–H and O–H groups in total. The van der Waals surface area contributed by atoms with Gasteiger partial charge in [0.25, 0.3) is 0 Å². The number of ether oxygens (including phenoxy) is 1. The minimum absolute atomic E-state index is 0.0721. The Labute approximate surface area is 124 Å². The summed E-state index contributed by atoms with van der Waals surface area (Å²) in [5.41, 5.74) is 1.02. The van der Waals surface area contributed by atoms with Crippen LogP contribution in [-0.4, -0.2) is 17.4 Å². The van der Waals surface area contributed by atoms with Crippen LogP contribution in [0, 0.1) is 0 Å². The van der Waals surface area contributed by atoms with Crippen LogP contribution in [0.25, 0.3) is 0 Å². The molecule has 20 heavy (non-hydrogen) atoms. The first-order chi connectivity index (χ1) is 9.61. The smallest absolute Gasteiger partial charge is 0.338 e. The van der Waals surface area contributed by atoms with Crippen LogP contribution in [0.5, 0.6) is 5.75 Å². The highest BCUT2D eigenvalue weighted by atomic mass is 79.9. The summed E-state index contributed by atoms with van der Waals surface area (Å²) in [7, 11) is 0. The van der Waals surface area contributed by atoms with E-state index < -0.39 is 5.97 Å². The molecule has 0 amide bonds. The largest absolute Gasteiger partial charge is 0.507 e. The Kier molecular flexibility index (Phi) is 4.53. The van der Waals surface area contributed by atoms with Crippen LogP contribution in [0.1, 0.15) is 26.3 Å². The number of aldehydes is 1. The van der Waals surface area contributed by atoms with E-state index in [9.17, 15) is 14.7 Å². The molecule has 0 heterocycles. The van der Waals surface area contributed by atoms with Crippen molar-refractivity contribution in [2.45, 2.75) is 6.61 Å². The maximum atomic E-state index is 11.8. The molecule has 2 aromatic carbocycles. The van der Waals surface area contributed by atoms with Crippen LogP contribution in [0.3, 0.4) is 0 Å². The quantitative estimate of drug-likeness (QED) is 0.688. The number of hydrogen-bond acceptors (Lipinski definition) is 4. The summed E-state index contributed by atoms with van der Waals surface area (Å²) >= 11 is 3.28. The lowest BCUT2D eigenvalue weighted by molar-refractivity contribution is 0.0471. The standard InChI is InChI=1S/C15H11BrO4/c16-12-6-4-10(5-7-12)15(19)20-9-11-2-1-3-14(18)13(11)8-17/h1-8,18H,9H2. The molecule has 0 aliphatic heterocycles. The van der Waals surface area contributed by atoms with E-state index in [0.717, 1.165) is 4.47 Å². The number of phenols is 1. The van der Waals surface area contributed by atoms with Crippen molar-refractivity contribution in [2.24, 2.45) is 0 Å². The maximum absolute atomic E-state index is 11.8. The van der Waals surface area contributed by atoms with Crippen LogP contribution in [0.15, 0.2) is 46.9 Å². The summed E-state index contributed by atoms with van der Waals surface area (Å²) in [6, 6.07) is 11.4. The maximum Gasteiger partial charge on any atom is 0.338 e. The Morgan fingerprint density at radius 1 is 1.20 bits per heavy atom. The fraction of sp³-hybridized carbons (Fsp3) is 0.0667. The van der Waals surface area contributed by atoms with E-state index in [-0.39, 0.29) is 17.9 Å². The van der Waals surface area contributed by atoms with Gasteiger partial charge in [-0.25, -0.2) is 4.79 Å². The molecular weight excluding hydrogens is 324 g/mol. The third-order valence-electron chi connectivity index (χ3n) is 2.73. The van der Waals surface area contributed by atoms with Gasteiger partial charge < -0.3 is 9.84 Å². The van der Waals surface area contributed by atoms with Crippen molar-refractivity contribution in [1.29, 1.82) is 0 Å². The molecule has 2 rings (SSSR count). The highest BCUT2D eigenvalue weighted by Crippen LogP contribution is 2.20. The molecule has 0 saturated carbocycles. The molecule has 4 nitrogen and oxygen atoms in total. The molecule has 0 bridgehead atoms. The first-order valence-electron chi connectivity index (χ1n) is 5.80. The van der Waals surface area contributed by atoms with Gasteiger partial charge >= 0.3 is 5.97 Å². The number of carbonyl (C=O) groups excluding carboxylic acids is 2. The average molecular weight is 335 g/mol. The molecule has 0 fully saturated rings. The van der Waals surface area contributed by atoms with Gasteiger partial charge in [-0.2, -0.15) is 0 Å². The third kappa shape index (κ3) is 3.24. The minimum atomic E-state index is -0.488. The van der Waals surface area contributed by atoms with Crippen LogP contribution < -0.4 is 0 Å². The van der Waals surface area contributed by atoms with E-state index in [2.05, 4.69) is 15.9 Å². The highest BCUT2D eigenvalue weighted by Gasteiger charge is 2.11. The molecule has 0 saturated heterocycles. The van der Waals surface area contributed by atoms with Gasteiger partial charge in [-0.05, 0) is 30.3 Å². The predicted octanol–water partition coefficient (Wildman–Crippen LogP) is 3.32. The summed E-state index contributed by atoms with van der Waals surface area (Å²) in [5, 5.41) is 9.53. The van der Waals surface area contributed by atoms with Crippen LogP contribution in [0.4, 0.5) is 0 Å². The minimum Gasteiger partial charge on any atom is -0.507 e. The number of aromatic hydroxyl groups is 1. The average Bonchev–Trinajstić information content (AvgIpc) is 2.45. The second-order valence-electron chi connectivity index (χ2n) is 4.05. The Hall–Kier alpha value is -2.14. The van der Waals surface area contributed by atoms with Crippen molar-refractivity contribution in [3.8, 4) is 5.75 Å². The zero-order valence-corrected chi connectivity index (χ0v) is 12.0. The molecule has 0 aliphatic carbocycles. The van der Waals surface area contributed by atoms with Gasteiger partial charge in [-0.1, -0.05) is 28.1 Å². The first kappa shape index (κ1) is 14.3. The first-order valence-corrected chi connectivity index (χ1v) is 6.60. The third-order valence-corrected chi connectivity index (χ3v) is 3.26. The van der Waals surface area contributed by atoms with Crippen molar-refractivity contribution in [3.63, 3.8) is 0 Å². The van der Waals surface area contributed by atoms with Gasteiger partial charge in [0, 0.05) is 10.0 Å². The molecule has 0 unspecified atom stereocenters. The normalized spacial score (nSPS) is 10.1. The molecule has 0 aliphatic rings. The summed E-state index contributed by atoms with van der Waals surface area (Å²) in [4.78, 5) is 22.7. The van der Waals surface area contributed by atoms with Crippen molar-refractivity contribution < 1.29 is 19.4 Å². The van der Waals surface area contributed by atoms with Crippen LogP contribution >= 0.6 is 15.9 Å². The predicted molar refractivity (Wildman–Crippen MR) is 76.8 cm³/mol. The van der Waals surface area contributed by atoms with Gasteiger partial charge in [0.15, 0.2) is 6.29 Å². The fourth-order valence-electron chi connectivity index (χ4n) is 1.67. The van der Waals surface area contributed by atoms with Gasteiger partial charge in [0.05, 0.1) is 11.1 Å². The molecular formula is C15H11BrO4. The SMILES string of the molecule is O=Cc1c(O)cccc1COC(=O)c1ccc(Br)cc1. The van der Waals surface area contributed by atoms with E-state index in [1.54, 1.807) is 36.4 Å². The lowest BCUT2D eigenvalue weighted by Crippen LogP contribution is -2.06. The van der Waals surface area contributed by atoms with Crippen molar-refractivity contribution >= 4 is 28.2 Å². The zero-order valence-electron chi connectivity index (χ0n) is 10.4. The monoisotopic (exact) mass is 334 g/mol. The summed E-state index contributed by atoms with van der Waals surface area (Å²) in [6.45, 7) is -0.0721. The summed E-state index contributed by atoms with van der Waals surface area (Å²) in [6.07, 6.45) is 0.540. The Morgan fingerprint density at radius 3 is 2.55 bits per heavy atom. The summed E-state index contributed by atoms with van der Waals surface area (Å²) < 4.78 is 5.99. The molecule has 0 atom stereocenters. The van der Waals surface area contributed by atoms with E-state index in [4.69, 9.17) is 4.74 Å². The zero-order chi connectivity index (χ0) is 14.5. The Morgan fingerprint density at radius 2 is 1.90 bits per heavy atom. The number of carbonyl (C=O) groups is 2.